The molecule has 0 spiro atoms. The number of hydrogen-bond acceptors (Lipinski definition) is 12. The Morgan fingerprint density at radius 2 is 0.758 bits per heavy atom. The van der Waals surface area contributed by atoms with E-state index in [1.807, 2.05) is 196 Å². The smallest absolute Gasteiger partial charge is 0.374 e. The number of phosphoric ester groups is 2. The molecule has 0 amide bonds. The fourth-order valence-corrected chi connectivity index (χ4v) is 9.61. The fraction of sp³-hybridized carbons (Fsp3) is 0.308. The summed E-state index contributed by atoms with van der Waals surface area (Å²) >= 11 is 0. The third kappa shape index (κ3) is 15.7. The van der Waals surface area contributed by atoms with Crippen LogP contribution in [0, 0.1) is 5.92 Å². The van der Waals surface area contributed by atoms with Crippen molar-refractivity contribution in [2.45, 2.75) is 84.2 Å². The van der Waals surface area contributed by atoms with E-state index in [4.69, 9.17) is 46.1 Å². The van der Waals surface area contributed by atoms with Crippen molar-refractivity contribution in [3.05, 3.63) is 215 Å². The van der Waals surface area contributed by atoms with Crippen molar-refractivity contribution in [2.75, 3.05) is 13.2 Å². The average Bonchev–Trinajstić information content (AvgIpc) is 3.36. The lowest BCUT2D eigenvalue weighted by Gasteiger charge is -2.46. The van der Waals surface area contributed by atoms with Crippen LogP contribution in [-0.4, -0.2) is 43.9 Å². The van der Waals surface area contributed by atoms with Crippen LogP contribution < -0.4 is 0 Å². The van der Waals surface area contributed by atoms with Gasteiger partial charge < -0.3 is 18.9 Å². The standard InChI is InChI=1S/C52H58O12P2/c1-41(2)33-57-52-51(56-35-43-23-11-4-12-24-43)50(64-66(54,60-38-46-29-17-7-18-30-46)61-39-47-31-19-8-20-32-47)49(48(62-52)40-55-34-42-21-9-3-10-22-42)63-65(53,58-36-44-25-13-5-14-26-44)59-37-45-27-15-6-16-28-45/h3-32,41,48-52H,33-40H2,1-2H3/t48-,49+,50+,51-,52-/m1/s1. The third-order valence-electron chi connectivity index (χ3n) is 10.3. The number of benzene rings is 6. The molecule has 0 aromatic heterocycles. The number of rotatable bonds is 26. The van der Waals surface area contributed by atoms with Gasteiger partial charge in [-0.1, -0.05) is 196 Å². The number of ether oxygens (including phenoxy) is 4. The van der Waals surface area contributed by atoms with E-state index in [1.54, 1.807) is 0 Å². The molecule has 0 N–H and O–H groups in total. The highest BCUT2D eigenvalue weighted by atomic mass is 31.2. The average molecular weight is 937 g/mol. The van der Waals surface area contributed by atoms with Crippen molar-refractivity contribution in [2.24, 2.45) is 5.92 Å². The van der Waals surface area contributed by atoms with Gasteiger partial charge in [-0.25, -0.2) is 9.13 Å². The molecule has 1 heterocycles. The molecule has 66 heavy (non-hydrogen) atoms. The normalized spacial score (nSPS) is 18.9. The SMILES string of the molecule is CC(C)CO[C@@H]1O[C@H](COCc2ccccc2)[C@H](OP(=O)(OCc2ccccc2)OCc2ccccc2)[C@H](OP(=O)(OCc2ccccc2)OCc2ccccc2)[C@H]1OCc1ccccc1. The van der Waals surface area contributed by atoms with Crippen LogP contribution in [0.25, 0.3) is 0 Å². The Labute approximate surface area is 388 Å². The van der Waals surface area contributed by atoms with E-state index in [-0.39, 0.29) is 58.8 Å². The van der Waals surface area contributed by atoms with Crippen LogP contribution in [0.4, 0.5) is 0 Å². The lowest BCUT2D eigenvalue weighted by Crippen LogP contribution is -2.61. The fourth-order valence-electron chi connectivity index (χ4n) is 6.90. The second-order valence-corrected chi connectivity index (χ2v) is 19.3. The second kappa shape index (κ2) is 25.5. The van der Waals surface area contributed by atoms with Crippen LogP contribution in [0.1, 0.15) is 47.2 Å². The van der Waals surface area contributed by atoms with Crippen molar-refractivity contribution in [1.29, 1.82) is 0 Å². The first kappa shape index (κ1) is 49.3. The predicted molar refractivity (Wildman–Crippen MR) is 250 cm³/mol. The van der Waals surface area contributed by atoms with Crippen LogP contribution in [0.5, 0.6) is 0 Å². The van der Waals surface area contributed by atoms with Gasteiger partial charge in [-0.15, -0.1) is 0 Å². The van der Waals surface area contributed by atoms with Gasteiger partial charge in [-0.3, -0.25) is 27.1 Å². The molecule has 348 valence electrons. The highest BCUT2D eigenvalue weighted by Crippen LogP contribution is 2.58. The van der Waals surface area contributed by atoms with Gasteiger partial charge in [0.1, 0.15) is 24.4 Å². The number of hydrogen-bond donors (Lipinski definition) is 0. The summed E-state index contributed by atoms with van der Waals surface area (Å²) in [6.07, 6.45) is -6.29. The van der Waals surface area contributed by atoms with E-state index in [9.17, 15) is 0 Å². The molecule has 0 radical (unpaired) electrons. The van der Waals surface area contributed by atoms with Crippen LogP contribution >= 0.6 is 15.6 Å². The predicted octanol–water partition coefficient (Wildman–Crippen LogP) is 12.0. The maximum Gasteiger partial charge on any atom is 0.475 e. The highest BCUT2D eigenvalue weighted by molar-refractivity contribution is 7.48. The minimum Gasteiger partial charge on any atom is -0.374 e. The quantitative estimate of drug-likeness (QED) is 0.0480. The van der Waals surface area contributed by atoms with Crippen molar-refractivity contribution < 1.29 is 55.2 Å². The molecule has 0 aliphatic carbocycles. The van der Waals surface area contributed by atoms with Crippen LogP contribution in [0.3, 0.4) is 0 Å². The van der Waals surface area contributed by atoms with Crippen LogP contribution in [-0.2, 0) is 94.9 Å². The Morgan fingerprint density at radius 1 is 0.424 bits per heavy atom. The first-order valence-electron chi connectivity index (χ1n) is 22.1. The lowest BCUT2D eigenvalue weighted by molar-refractivity contribution is -0.310. The van der Waals surface area contributed by atoms with Crippen LogP contribution in [0.2, 0.25) is 0 Å². The Bertz CT molecular complexity index is 2270. The molecule has 1 aliphatic rings. The highest BCUT2D eigenvalue weighted by Gasteiger charge is 2.55. The van der Waals surface area contributed by atoms with Gasteiger partial charge in [0.2, 0.25) is 0 Å². The largest absolute Gasteiger partial charge is 0.475 e. The van der Waals surface area contributed by atoms with E-state index >= 15 is 9.13 Å². The van der Waals surface area contributed by atoms with Gasteiger partial charge in [-0.2, -0.15) is 0 Å². The van der Waals surface area contributed by atoms with E-state index in [1.165, 1.54) is 0 Å². The summed E-state index contributed by atoms with van der Waals surface area (Å²) in [6, 6.07) is 56.2. The first-order chi connectivity index (χ1) is 32.2. The summed E-state index contributed by atoms with van der Waals surface area (Å²) in [4.78, 5) is 0. The molecule has 7 rings (SSSR count). The molecule has 1 saturated heterocycles. The molecule has 1 aliphatic heterocycles. The van der Waals surface area contributed by atoms with Gasteiger partial charge in [0.15, 0.2) is 6.29 Å². The molecular weight excluding hydrogens is 879 g/mol. The van der Waals surface area contributed by atoms with Gasteiger partial charge in [0.25, 0.3) is 0 Å². The maximum atomic E-state index is 15.4. The van der Waals surface area contributed by atoms with E-state index in [2.05, 4.69) is 0 Å². The summed E-state index contributed by atoms with van der Waals surface area (Å²) < 4.78 is 95.3. The van der Waals surface area contributed by atoms with E-state index < -0.39 is 46.4 Å². The third-order valence-corrected chi connectivity index (χ3v) is 13.1. The Hall–Kier alpha value is -4.62. The summed E-state index contributed by atoms with van der Waals surface area (Å²) in [5.41, 5.74) is 4.63. The molecule has 6 aromatic rings. The van der Waals surface area contributed by atoms with E-state index in [0.717, 1.165) is 33.4 Å². The van der Waals surface area contributed by atoms with Gasteiger partial charge in [-0.05, 0) is 39.3 Å². The zero-order valence-corrected chi connectivity index (χ0v) is 39.0. The Balaban J connectivity index is 1.31. The molecule has 14 heteroatoms. The number of phosphoric acid groups is 2. The van der Waals surface area contributed by atoms with Crippen molar-refractivity contribution in [3.8, 4) is 0 Å². The molecular formula is C52H58O12P2. The Kier molecular flexibility index (Phi) is 19.0. The van der Waals surface area contributed by atoms with Crippen molar-refractivity contribution in [3.63, 3.8) is 0 Å². The zero-order chi connectivity index (χ0) is 45.9. The minimum atomic E-state index is -4.63. The summed E-state index contributed by atoms with van der Waals surface area (Å²) in [5.74, 6) is 0.0806. The minimum absolute atomic E-state index is 0.0604. The molecule has 0 unspecified atom stereocenters. The molecule has 0 saturated carbocycles. The molecule has 1 fully saturated rings. The second-order valence-electron chi connectivity index (χ2n) is 16.1. The van der Waals surface area contributed by atoms with Crippen molar-refractivity contribution in [1.82, 2.24) is 0 Å². The van der Waals surface area contributed by atoms with Gasteiger partial charge >= 0.3 is 15.6 Å². The molecule has 5 atom stereocenters. The monoisotopic (exact) mass is 936 g/mol. The molecule has 0 bridgehead atoms. The summed E-state index contributed by atoms with van der Waals surface area (Å²) in [6.45, 7) is 3.90. The lowest BCUT2D eigenvalue weighted by atomic mass is 9.99. The van der Waals surface area contributed by atoms with Gasteiger partial charge in [0.05, 0.1) is 52.9 Å². The zero-order valence-electron chi connectivity index (χ0n) is 37.2. The van der Waals surface area contributed by atoms with Gasteiger partial charge in [0, 0.05) is 0 Å². The van der Waals surface area contributed by atoms with E-state index in [0.29, 0.717) is 0 Å². The summed E-state index contributed by atoms with van der Waals surface area (Å²) in [5, 5.41) is 0. The molecule has 6 aromatic carbocycles. The molecule has 12 nitrogen and oxygen atoms in total. The Morgan fingerprint density at radius 3 is 1.12 bits per heavy atom. The topological polar surface area (TPSA) is 126 Å². The van der Waals surface area contributed by atoms with Crippen LogP contribution in [0.15, 0.2) is 182 Å². The maximum absolute atomic E-state index is 15.4. The van der Waals surface area contributed by atoms with Crippen molar-refractivity contribution >= 4 is 15.6 Å². The summed E-state index contributed by atoms with van der Waals surface area (Å²) in [7, 11) is -9.24. The first-order valence-corrected chi connectivity index (χ1v) is 25.0.